The number of likely N-dealkylation sites (N-methyl/N-ethyl adjacent to an activating group) is 1. The minimum Gasteiger partial charge on any atom is -0.483 e. The highest BCUT2D eigenvalue weighted by Gasteiger charge is 2.46. The Bertz CT molecular complexity index is 894. The standard InChI is InChI=1S/C23H32N4O4.CH2O2/c1-14(24-2)21(28)26-18-12-13-31-20-11-10-19(27(20)23(18)30)22(29)25-17-9-5-7-15-6-3-4-8-16(15)17;2-1-3/h3-4,6,8,14,17-20,24H,5,7,9-13H2,1-2H3,(H,25,29)(H,26,28);1H,(H,2,3)/t14-,17-,18-,19?,20-;/m0./s1. The smallest absolute Gasteiger partial charge is 0.290 e. The van der Waals surface area contributed by atoms with Crippen molar-refractivity contribution in [1.29, 1.82) is 0 Å². The number of amides is 3. The lowest BCUT2D eigenvalue weighted by Gasteiger charge is -2.32. The van der Waals surface area contributed by atoms with E-state index in [0.717, 1.165) is 19.3 Å². The lowest BCUT2D eigenvalue weighted by Crippen LogP contribution is -2.56. The number of nitrogens with one attached hydrogen (secondary N) is 3. The van der Waals surface area contributed by atoms with Gasteiger partial charge < -0.3 is 30.7 Å². The lowest BCUT2D eigenvalue weighted by molar-refractivity contribution is -0.149. The van der Waals surface area contributed by atoms with Crippen molar-refractivity contribution >= 4 is 24.2 Å². The molecule has 0 bridgehead atoms. The number of nitrogens with zero attached hydrogens (tertiary/aromatic N) is 1. The van der Waals surface area contributed by atoms with Crippen molar-refractivity contribution in [3.63, 3.8) is 0 Å². The summed E-state index contributed by atoms with van der Waals surface area (Å²) >= 11 is 0. The number of benzene rings is 1. The van der Waals surface area contributed by atoms with Crippen LogP contribution in [0.2, 0.25) is 0 Å². The van der Waals surface area contributed by atoms with Gasteiger partial charge >= 0.3 is 0 Å². The van der Waals surface area contributed by atoms with E-state index in [4.69, 9.17) is 14.6 Å². The van der Waals surface area contributed by atoms with E-state index in [2.05, 4.69) is 28.1 Å². The van der Waals surface area contributed by atoms with E-state index in [9.17, 15) is 14.4 Å². The van der Waals surface area contributed by atoms with Crippen LogP contribution in [0.15, 0.2) is 24.3 Å². The Morgan fingerprint density at radius 2 is 1.88 bits per heavy atom. The van der Waals surface area contributed by atoms with Gasteiger partial charge in [0.05, 0.1) is 18.7 Å². The first-order chi connectivity index (χ1) is 16.4. The van der Waals surface area contributed by atoms with Gasteiger partial charge in [-0.25, -0.2) is 0 Å². The number of ether oxygens (including phenoxy) is 1. The third kappa shape index (κ3) is 5.74. The molecule has 0 saturated carbocycles. The summed E-state index contributed by atoms with van der Waals surface area (Å²) in [4.78, 5) is 48.8. The molecule has 10 heteroatoms. The fraction of sp³-hybridized carbons (Fsp3) is 0.583. The van der Waals surface area contributed by atoms with E-state index < -0.39 is 24.4 Å². The molecule has 4 N–H and O–H groups in total. The molecule has 2 heterocycles. The highest BCUT2D eigenvalue weighted by molar-refractivity contribution is 5.93. The summed E-state index contributed by atoms with van der Waals surface area (Å²) in [6.07, 6.45) is 4.12. The summed E-state index contributed by atoms with van der Waals surface area (Å²) in [6, 6.07) is 6.52. The maximum absolute atomic E-state index is 13.3. The largest absolute Gasteiger partial charge is 0.483 e. The first-order valence-electron chi connectivity index (χ1n) is 11.8. The van der Waals surface area contributed by atoms with Gasteiger partial charge in [-0.3, -0.25) is 19.2 Å². The number of carbonyl (C=O) groups excluding carboxylic acids is 3. The summed E-state index contributed by atoms with van der Waals surface area (Å²) in [5.74, 6) is -0.615. The zero-order valence-electron chi connectivity index (χ0n) is 19.7. The average Bonchev–Trinajstić information content (AvgIpc) is 3.20. The molecule has 0 spiro atoms. The molecular formula is C24H34N4O6. The molecule has 34 heavy (non-hydrogen) atoms. The number of aryl methyl sites for hydroxylation is 1. The monoisotopic (exact) mass is 474 g/mol. The van der Waals surface area contributed by atoms with Crippen molar-refractivity contribution in [3.8, 4) is 0 Å². The van der Waals surface area contributed by atoms with Crippen LogP contribution in [-0.4, -0.2) is 72.2 Å². The summed E-state index contributed by atoms with van der Waals surface area (Å²) in [5, 5.41) is 15.8. The number of hydrogen-bond donors (Lipinski definition) is 4. The Morgan fingerprint density at radius 3 is 2.62 bits per heavy atom. The molecule has 1 aromatic rings. The number of carboxylic acid groups (broad SMARTS) is 1. The van der Waals surface area contributed by atoms with Crippen LogP contribution in [0.3, 0.4) is 0 Å². The Morgan fingerprint density at radius 1 is 1.15 bits per heavy atom. The molecule has 10 nitrogen and oxygen atoms in total. The second-order valence-corrected chi connectivity index (χ2v) is 8.78. The fourth-order valence-corrected chi connectivity index (χ4v) is 4.85. The van der Waals surface area contributed by atoms with Gasteiger partial charge in [-0.05, 0) is 57.2 Å². The minimum atomic E-state index is -0.683. The van der Waals surface area contributed by atoms with Crippen LogP contribution in [0.4, 0.5) is 0 Å². The van der Waals surface area contributed by atoms with Crippen LogP contribution in [0.25, 0.3) is 0 Å². The maximum atomic E-state index is 13.3. The summed E-state index contributed by atoms with van der Waals surface area (Å²) < 4.78 is 5.88. The molecule has 3 aliphatic rings. The average molecular weight is 475 g/mol. The number of rotatable bonds is 5. The molecule has 2 fully saturated rings. The molecule has 1 unspecified atom stereocenters. The third-order valence-electron chi connectivity index (χ3n) is 6.73. The molecule has 0 aromatic heterocycles. The molecule has 1 aromatic carbocycles. The summed E-state index contributed by atoms with van der Waals surface area (Å²) in [6.45, 7) is 1.86. The van der Waals surface area contributed by atoms with Crippen molar-refractivity contribution in [1.82, 2.24) is 20.9 Å². The molecule has 2 saturated heterocycles. The summed E-state index contributed by atoms with van der Waals surface area (Å²) in [7, 11) is 1.70. The number of hydrogen-bond acceptors (Lipinski definition) is 6. The van der Waals surface area contributed by atoms with E-state index >= 15 is 0 Å². The molecular weight excluding hydrogens is 440 g/mol. The predicted octanol–water partition coefficient (Wildman–Crippen LogP) is 0.711. The van der Waals surface area contributed by atoms with Crippen molar-refractivity contribution < 1.29 is 29.0 Å². The summed E-state index contributed by atoms with van der Waals surface area (Å²) in [5.41, 5.74) is 2.44. The maximum Gasteiger partial charge on any atom is 0.290 e. The van der Waals surface area contributed by atoms with Gasteiger partial charge in [-0.2, -0.15) is 0 Å². The van der Waals surface area contributed by atoms with Crippen molar-refractivity contribution in [3.05, 3.63) is 35.4 Å². The Balaban J connectivity index is 0.00000103. The predicted molar refractivity (Wildman–Crippen MR) is 124 cm³/mol. The van der Waals surface area contributed by atoms with Crippen molar-refractivity contribution in [2.75, 3.05) is 13.7 Å². The zero-order valence-corrected chi connectivity index (χ0v) is 19.7. The highest BCUT2D eigenvalue weighted by atomic mass is 16.5. The molecule has 3 amide bonds. The number of fused-ring (bicyclic) bond motifs is 2. The molecule has 186 valence electrons. The SMILES string of the molecule is CN[C@@H](C)C(=O)N[C@H]1CCO[C@H]2CCC(C(=O)N[C@H]3CCCc4ccccc43)N2C1=O.O=CO. The first kappa shape index (κ1) is 25.6. The van der Waals surface area contributed by atoms with Gasteiger partial charge in [0.15, 0.2) is 0 Å². The van der Waals surface area contributed by atoms with Gasteiger partial charge in [0.25, 0.3) is 6.47 Å². The van der Waals surface area contributed by atoms with E-state index in [-0.39, 0.29) is 30.2 Å². The Hall–Kier alpha value is -2.98. The molecule has 5 atom stereocenters. The molecule has 1 aliphatic carbocycles. The molecule has 4 rings (SSSR count). The minimum absolute atomic E-state index is 0.0357. The van der Waals surface area contributed by atoms with Crippen LogP contribution in [0.1, 0.15) is 56.2 Å². The van der Waals surface area contributed by atoms with Crippen LogP contribution >= 0.6 is 0 Å². The molecule has 0 radical (unpaired) electrons. The highest BCUT2D eigenvalue weighted by Crippen LogP contribution is 2.32. The second-order valence-electron chi connectivity index (χ2n) is 8.78. The lowest BCUT2D eigenvalue weighted by atomic mass is 9.87. The van der Waals surface area contributed by atoms with E-state index in [0.29, 0.717) is 25.9 Å². The van der Waals surface area contributed by atoms with Crippen LogP contribution in [0, 0.1) is 0 Å². The molecule has 2 aliphatic heterocycles. The quantitative estimate of drug-likeness (QED) is 0.461. The Labute approximate surface area is 199 Å². The van der Waals surface area contributed by atoms with Gasteiger partial charge in [0.2, 0.25) is 17.7 Å². The van der Waals surface area contributed by atoms with Crippen LogP contribution in [-0.2, 0) is 30.3 Å². The van der Waals surface area contributed by atoms with Gasteiger partial charge in [-0.15, -0.1) is 0 Å². The zero-order chi connectivity index (χ0) is 24.7. The van der Waals surface area contributed by atoms with Gasteiger partial charge in [0, 0.05) is 6.42 Å². The first-order valence-corrected chi connectivity index (χ1v) is 11.8. The number of carbonyl (C=O) groups is 4. The van der Waals surface area contributed by atoms with E-state index in [1.165, 1.54) is 11.1 Å². The van der Waals surface area contributed by atoms with Gasteiger partial charge in [-0.1, -0.05) is 24.3 Å². The Kier molecular flexibility index (Phi) is 9.00. The third-order valence-corrected chi connectivity index (χ3v) is 6.73. The van der Waals surface area contributed by atoms with E-state index in [1.54, 1.807) is 18.9 Å². The normalized spacial score (nSPS) is 26.6. The van der Waals surface area contributed by atoms with Crippen molar-refractivity contribution in [2.24, 2.45) is 0 Å². The second kappa shape index (κ2) is 11.9. The van der Waals surface area contributed by atoms with Gasteiger partial charge in [0.1, 0.15) is 18.3 Å². The topological polar surface area (TPSA) is 137 Å². The van der Waals surface area contributed by atoms with Crippen LogP contribution in [0.5, 0.6) is 0 Å². The van der Waals surface area contributed by atoms with Crippen molar-refractivity contribution in [2.45, 2.75) is 75.8 Å². The van der Waals surface area contributed by atoms with Crippen LogP contribution < -0.4 is 16.0 Å². The van der Waals surface area contributed by atoms with E-state index in [1.807, 2.05) is 12.1 Å². The fourth-order valence-electron chi connectivity index (χ4n) is 4.85.